The number of benzene rings is 2. The van der Waals surface area contributed by atoms with E-state index in [0.717, 1.165) is 5.56 Å². The van der Waals surface area contributed by atoms with Gasteiger partial charge >= 0.3 is 0 Å². The summed E-state index contributed by atoms with van der Waals surface area (Å²) in [7, 11) is 0. The third kappa shape index (κ3) is 1.91. The van der Waals surface area contributed by atoms with E-state index in [2.05, 4.69) is 42.5 Å². The summed E-state index contributed by atoms with van der Waals surface area (Å²) in [5, 5.41) is 8.85. The number of hydrogen-bond acceptors (Lipinski definition) is 1. The molecule has 0 aromatic heterocycles. The van der Waals surface area contributed by atoms with Crippen LogP contribution in [0.4, 0.5) is 0 Å². The van der Waals surface area contributed by atoms with Crippen molar-refractivity contribution >= 4 is 0 Å². The summed E-state index contributed by atoms with van der Waals surface area (Å²) >= 11 is 0. The van der Waals surface area contributed by atoms with E-state index in [1.54, 1.807) is 0 Å². The van der Waals surface area contributed by atoms with E-state index in [-0.39, 0.29) is 0 Å². The highest BCUT2D eigenvalue weighted by Crippen LogP contribution is 2.36. The maximum absolute atomic E-state index is 8.85. The lowest BCUT2D eigenvalue weighted by Crippen LogP contribution is -2.10. The SMILES string of the molecule is N#Cc1ccc(C2CCCc3ccccc32)cc1. The summed E-state index contributed by atoms with van der Waals surface area (Å²) in [4.78, 5) is 0. The van der Waals surface area contributed by atoms with Crippen molar-refractivity contribution in [2.24, 2.45) is 0 Å². The van der Waals surface area contributed by atoms with Crippen LogP contribution in [0.2, 0.25) is 0 Å². The van der Waals surface area contributed by atoms with Crippen molar-refractivity contribution in [3.63, 3.8) is 0 Å². The number of hydrogen-bond donors (Lipinski definition) is 0. The van der Waals surface area contributed by atoms with Gasteiger partial charge in [0.25, 0.3) is 0 Å². The molecule has 0 bridgehead atoms. The average Bonchev–Trinajstić information content (AvgIpc) is 2.47. The molecule has 1 aliphatic carbocycles. The van der Waals surface area contributed by atoms with Crippen LogP contribution in [-0.2, 0) is 6.42 Å². The monoisotopic (exact) mass is 233 g/mol. The summed E-state index contributed by atoms with van der Waals surface area (Å²) in [5.41, 5.74) is 5.02. The number of nitriles is 1. The molecule has 1 aliphatic rings. The fourth-order valence-electron chi connectivity index (χ4n) is 2.89. The van der Waals surface area contributed by atoms with Crippen LogP contribution in [0.25, 0.3) is 0 Å². The first kappa shape index (κ1) is 11.0. The zero-order chi connectivity index (χ0) is 12.4. The molecule has 0 amide bonds. The minimum absolute atomic E-state index is 0.502. The van der Waals surface area contributed by atoms with Gasteiger partial charge in [-0.1, -0.05) is 36.4 Å². The minimum atomic E-state index is 0.502. The van der Waals surface area contributed by atoms with Gasteiger partial charge in [-0.15, -0.1) is 0 Å². The molecule has 1 unspecified atom stereocenters. The largest absolute Gasteiger partial charge is 0.192 e. The molecule has 0 N–H and O–H groups in total. The molecule has 0 radical (unpaired) electrons. The quantitative estimate of drug-likeness (QED) is 0.729. The van der Waals surface area contributed by atoms with Crippen molar-refractivity contribution in [2.45, 2.75) is 25.2 Å². The van der Waals surface area contributed by atoms with Crippen LogP contribution in [0.3, 0.4) is 0 Å². The van der Waals surface area contributed by atoms with E-state index in [4.69, 9.17) is 5.26 Å². The first-order valence-electron chi connectivity index (χ1n) is 6.46. The van der Waals surface area contributed by atoms with E-state index in [1.165, 1.54) is 36.0 Å². The molecule has 0 saturated heterocycles. The van der Waals surface area contributed by atoms with E-state index < -0.39 is 0 Å². The zero-order valence-electron chi connectivity index (χ0n) is 10.3. The number of rotatable bonds is 1. The summed E-state index contributed by atoms with van der Waals surface area (Å²) in [6, 6.07) is 19.0. The van der Waals surface area contributed by atoms with Gasteiger partial charge in [-0.25, -0.2) is 0 Å². The summed E-state index contributed by atoms with van der Waals surface area (Å²) in [6.07, 6.45) is 3.66. The molecule has 1 heteroatoms. The average molecular weight is 233 g/mol. The molecule has 18 heavy (non-hydrogen) atoms. The molecule has 0 fully saturated rings. The van der Waals surface area contributed by atoms with Crippen molar-refractivity contribution in [1.29, 1.82) is 5.26 Å². The number of fused-ring (bicyclic) bond motifs is 1. The molecule has 0 heterocycles. The highest BCUT2D eigenvalue weighted by molar-refractivity contribution is 5.42. The fourth-order valence-corrected chi connectivity index (χ4v) is 2.89. The van der Waals surface area contributed by atoms with Crippen LogP contribution in [0.15, 0.2) is 48.5 Å². The lowest BCUT2D eigenvalue weighted by Gasteiger charge is -2.25. The molecule has 0 aliphatic heterocycles. The predicted octanol–water partition coefficient (Wildman–Crippen LogP) is 4.03. The molecule has 0 saturated carbocycles. The molecular weight excluding hydrogens is 218 g/mol. The standard InChI is InChI=1S/C17H15N/c18-12-13-8-10-15(11-9-13)17-7-3-5-14-4-1-2-6-16(14)17/h1-2,4,6,8-11,17H,3,5,7H2. The highest BCUT2D eigenvalue weighted by Gasteiger charge is 2.20. The van der Waals surface area contributed by atoms with Crippen LogP contribution in [-0.4, -0.2) is 0 Å². The smallest absolute Gasteiger partial charge is 0.0991 e. The molecule has 2 aromatic rings. The van der Waals surface area contributed by atoms with Gasteiger partial charge in [0, 0.05) is 5.92 Å². The summed E-state index contributed by atoms with van der Waals surface area (Å²) in [6.45, 7) is 0. The Morgan fingerprint density at radius 2 is 1.78 bits per heavy atom. The zero-order valence-corrected chi connectivity index (χ0v) is 10.3. The molecule has 3 rings (SSSR count). The van der Waals surface area contributed by atoms with Gasteiger partial charge in [-0.3, -0.25) is 0 Å². The molecule has 1 nitrogen and oxygen atoms in total. The van der Waals surface area contributed by atoms with E-state index in [9.17, 15) is 0 Å². The van der Waals surface area contributed by atoms with Crippen LogP contribution < -0.4 is 0 Å². The Labute approximate surface area is 108 Å². The van der Waals surface area contributed by atoms with Gasteiger partial charge in [0.15, 0.2) is 0 Å². The number of nitrogens with zero attached hydrogens (tertiary/aromatic N) is 1. The lowest BCUT2D eigenvalue weighted by molar-refractivity contribution is 0.616. The highest BCUT2D eigenvalue weighted by atomic mass is 14.3. The Hall–Kier alpha value is -2.07. The van der Waals surface area contributed by atoms with Crippen LogP contribution in [0.1, 0.15) is 41.0 Å². The third-order valence-electron chi connectivity index (χ3n) is 3.81. The Morgan fingerprint density at radius 3 is 2.56 bits per heavy atom. The Balaban J connectivity index is 2.00. The van der Waals surface area contributed by atoms with Crippen LogP contribution >= 0.6 is 0 Å². The third-order valence-corrected chi connectivity index (χ3v) is 3.81. The topological polar surface area (TPSA) is 23.8 Å². The van der Waals surface area contributed by atoms with Gasteiger partial charge in [-0.2, -0.15) is 5.26 Å². The van der Waals surface area contributed by atoms with Gasteiger partial charge < -0.3 is 0 Å². The first-order chi connectivity index (χ1) is 8.88. The molecule has 2 aromatic carbocycles. The van der Waals surface area contributed by atoms with Crippen molar-refractivity contribution in [3.8, 4) is 6.07 Å². The molecule has 88 valence electrons. The van der Waals surface area contributed by atoms with Gasteiger partial charge in [0.05, 0.1) is 11.6 Å². The van der Waals surface area contributed by atoms with E-state index >= 15 is 0 Å². The maximum Gasteiger partial charge on any atom is 0.0991 e. The number of aryl methyl sites for hydroxylation is 1. The second-order valence-electron chi connectivity index (χ2n) is 4.88. The molecular formula is C17H15N. The van der Waals surface area contributed by atoms with Crippen molar-refractivity contribution < 1.29 is 0 Å². The predicted molar refractivity (Wildman–Crippen MR) is 72.4 cm³/mol. The van der Waals surface area contributed by atoms with Crippen LogP contribution in [0, 0.1) is 11.3 Å². The van der Waals surface area contributed by atoms with Gasteiger partial charge in [0.1, 0.15) is 0 Å². The normalized spacial score (nSPS) is 17.8. The minimum Gasteiger partial charge on any atom is -0.192 e. The van der Waals surface area contributed by atoms with Crippen molar-refractivity contribution in [3.05, 3.63) is 70.8 Å². The van der Waals surface area contributed by atoms with Crippen molar-refractivity contribution in [2.75, 3.05) is 0 Å². The fraction of sp³-hybridized carbons (Fsp3) is 0.235. The molecule has 1 atom stereocenters. The van der Waals surface area contributed by atoms with Crippen LogP contribution in [0.5, 0.6) is 0 Å². The molecule has 0 spiro atoms. The Kier molecular flexibility index (Phi) is 2.86. The van der Waals surface area contributed by atoms with E-state index in [1.807, 2.05) is 12.1 Å². The second kappa shape index (κ2) is 4.66. The van der Waals surface area contributed by atoms with E-state index in [0.29, 0.717) is 5.92 Å². The Bertz CT molecular complexity index is 590. The maximum atomic E-state index is 8.85. The second-order valence-corrected chi connectivity index (χ2v) is 4.88. The Morgan fingerprint density at radius 1 is 1.00 bits per heavy atom. The lowest BCUT2D eigenvalue weighted by atomic mass is 9.79. The summed E-state index contributed by atoms with van der Waals surface area (Å²) < 4.78 is 0. The van der Waals surface area contributed by atoms with Crippen molar-refractivity contribution in [1.82, 2.24) is 0 Å². The van der Waals surface area contributed by atoms with Gasteiger partial charge in [0.2, 0.25) is 0 Å². The first-order valence-corrected chi connectivity index (χ1v) is 6.46. The summed E-state index contributed by atoms with van der Waals surface area (Å²) in [5.74, 6) is 0.502. The van der Waals surface area contributed by atoms with Gasteiger partial charge in [-0.05, 0) is 48.1 Å².